The van der Waals surface area contributed by atoms with Crippen molar-refractivity contribution < 1.29 is 0 Å². The van der Waals surface area contributed by atoms with Crippen molar-refractivity contribution in [1.29, 1.82) is 0 Å². The number of fused-ring (bicyclic) bond motifs is 1. The number of hydrogen-bond donors (Lipinski definition) is 1. The first-order valence-electron chi connectivity index (χ1n) is 11.9. The molecule has 5 aromatic rings. The Morgan fingerprint density at radius 1 is 0.657 bits per heavy atom. The van der Waals surface area contributed by atoms with Crippen LogP contribution in [-0.4, -0.2) is 14.9 Å². The molecule has 0 atom stereocenters. The van der Waals surface area contributed by atoms with E-state index in [0.717, 1.165) is 29.9 Å². The van der Waals surface area contributed by atoms with Crippen LogP contribution in [0, 0.1) is 0 Å². The van der Waals surface area contributed by atoms with Gasteiger partial charge in [0.1, 0.15) is 5.82 Å². The van der Waals surface area contributed by atoms with Gasteiger partial charge in [0.15, 0.2) is 0 Å². The first-order valence-corrected chi connectivity index (χ1v) is 11.9. The number of nitrogen functional groups attached to an aromatic ring is 1. The standard InChI is InChI=1S/C31H26N4/c32-30-28(17-10-18-33-30)23-19-24-21-35(22-29(24)34-20-23)31(25-11-4-1-5-12-25,26-13-6-2-7-14-26)27-15-8-3-9-16-27/h1-20H,21-22H2,(H2,32,33). The van der Waals surface area contributed by atoms with Crippen molar-refractivity contribution in [2.75, 3.05) is 5.73 Å². The SMILES string of the molecule is Nc1ncccc1-c1cnc2c(c1)CN(C(c1ccccc1)(c1ccccc1)c1ccccc1)C2. The van der Waals surface area contributed by atoms with Crippen LogP contribution in [0.25, 0.3) is 11.1 Å². The molecule has 0 saturated heterocycles. The monoisotopic (exact) mass is 454 g/mol. The van der Waals surface area contributed by atoms with Crippen LogP contribution in [-0.2, 0) is 18.6 Å². The third kappa shape index (κ3) is 3.59. The fourth-order valence-electron chi connectivity index (χ4n) is 5.39. The fraction of sp³-hybridized carbons (Fsp3) is 0.0968. The maximum absolute atomic E-state index is 6.17. The van der Waals surface area contributed by atoms with Crippen LogP contribution < -0.4 is 5.73 Å². The smallest absolute Gasteiger partial charge is 0.131 e. The first kappa shape index (κ1) is 21.3. The van der Waals surface area contributed by atoms with Crippen molar-refractivity contribution in [2.24, 2.45) is 0 Å². The largest absolute Gasteiger partial charge is 0.383 e. The molecule has 3 aromatic carbocycles. The van der Waals surface area contributed by atoms with Crippen molar-refractivity contribution in [1.82, 2.24) is 14.9 Å². The molecule has 4 nitrogen and oxygen atoms in total. The van der Waals surface area contributed by atoms with E-state index in [1.165, 1.54) is 22.3 Å². The zero-order valence-corrected chi connectivity index (χ0v) is 19.4. The predicted octanol–water partition coefficient (Wildman–Crippen LogP) is 6.03. The highest BCUT2D eigenvalue weighted by molar-refractivity contribution is 5.73. The number of anilines is 1. The Balaban J connectivity index is 1.52. The third-order valence-electron chi connectivity index (χ3n) is 6.96. The number of rotatable bonds is 5. The van der Waals surface area contributed by atoms with Crippen LogP contribution in [0.1, 0.15) is 27.9 Å². The van der Waals surface area contributed by atoms with Crippen molar-refractivity contribution in [2.45, 2.75) is 18.6 Å². The van der Waals surface area contributed by atoms with Gasteiger partial charge in [-0.2, -0.15) is 0 Å². The molecule has 2 N–H and O–H groups in total. The van der Waals surface area contributed by atoms with Gasteiger partial charge in [0.25, 0.3) is 0 Å². The Bertz CT molecular complexity index is 1350. The summed E-state index contributed by atoms with van der Waals surface area (Å²) < 4.78 is 0. The molecule has 0 unspecified atom stereocenters. The summed E-state index contributed by atoms with van der Waals surface area (Å²) in [5, 5.41) is 0. The van der Waals surface area contributed by atoms with Gasteiger partial charge in [-0.05, 0) is 40.5 Å². The van der Waals surface area contributed by atoms with E-state index in [1.54, 1.807) is 6.20 Å². The molecule has 1 aliphatic heterocycles. The molecule has 0 spiro atoms. The Morgan fingerprint density at radius 3 is 1.77 bits per heavy atom. The highest BCUT2D eigenvalue weighted by atomic mass is 15.2. The number of benzene rings is 3. The molecule has 0 saturated carbocycles. The lowest BCUT2D eigenvalue weighted by molar-refractivity contribution is 0.156. The van der Waals surface area contributed by atoms with Gasteiger partial charge >= 0.3 is 0 Å². The van der Waals surface area contributed by atoms with Gasteiger partial charge in [-0.25, -0.2) is 4.98 Å². The topological polar surface area (TPSA) is 55.0 Å². The summed E-state index contributed by atoms with van der Waals surface area (Å²) in [7, 11) is 0. The second-order valence-electron chi connectivity index (χ2n) is 8.93. The Hall–Kier alpha value is -4.28. The summed E-state index contributed by atoms with van der Waals surface area (Å²) in [6, 6.07) is 38.5. The summed E-state index contributed by atoms with van der Waals surface area (Å²) in [5.74, 6) is 0.524. The molecular weight excluding hydrogens is 428 g/mol. The van der Waals surface area contributed by atoms with E-state index in [-0.39, 0.29) is 0 Å². The average molecular weight is 455 g/mol. The Labute approximate surface area is 205 Å². The Morgan fingerprint density at radius 2 is 1.23 bits per heavy atom. The second kappa shape index (κ2) is 8.82. The van der Waals surface area contributed by atoms with E-state index in [4.69, 9.17) is 10.7 Å². The second-order valence-corrected chi connectivity index (χ2v) is 8.93. The summed E-state index contributed by atoms with van der Waals surface area (Å²) in [5.41, 5.74) is 13.7. The lowest BCUT2D eigenvalue weighted by Gasteiger charge is -2.43. The van der Waals surface area contributed by atoms with E-state index < -0.39 is 5.54 Å². The molecule has 0 radical (unpaired) electrons. The van der Waals surface area contributed by atoms with E-state index in [1.807, 2.05) is 18.3 Å². The molecule has 0 fully saturated rings. The van der Waals surface area contributed by atoms with Crippen LogP contribution in [0.2, 0.25) is 0 Å². The molecule has 35 heavy (non-hydrogen) atoms. The van der Waals surface area contributed by atoms with Gasteiger partial charge in [0.05, 0.1) is 11.2 Å². The molecule has 0 amide bonds. The molecule has 3 heterocycles. The number of hydrogen-bond acceptors (Lipinski definition) is 4. The van der Waals surface area contributed by atoms with Crippen LogP contribution in [0.3, 0.4) is 0 Å². The lowest BCUT2D eigenvalue weighted by atomic mass is 9.75. The highest BCUT2D eigenvalue weighted by Crippen LogP contribution is 2.46. The van der Waals surface area contributed by atoms with Gasteiger partial charge in [-0.15, -0.1) is 0 Å². The molecule has 170 valence electrons. The highest BCUT2D eigenvalue weighted by Gasteiger charge is 2.44. The van der Waals surface area contributed by atoms with Crippen LogP contribution in [0.5, 0.6) is 0 Å². The average Bonchev–Trinajstić information content (AvgIpc) is 3.35. The zero-order chi connectivity index (χ0) is 23.7. The minimum Gasteiger partial charge on any atom is -0.383 e. The third-order valence-corrected chi connectivity index (χ3v) is 6.96. The van der Waals surface area contributed by atoms with Crippen molar-refractivity contribution in [3.05, 3.63) is 150 Å². The maximum Gasteiger partial charge on any atom is 0.131 e. The van der Waals surface area contributed by atoms with Crippen molar-refractivity contribution in [3.8, 4) is 11.1 Å². The minimum atomic E-state index is -0.460. The van der Waals surface area contributed by atoms with Gasteiger partial charge < -0.3 is 5.73 Å². The van der Waals surface area contributed by atoms with Crippen LogP contribution >= 0.6 is 0 Å². The van der Waals surface area contributed by atoms with Crippen LogP contribution in [0.15, 0.2) is 122 Å². The number of pyridine rings is 2. The Kier molecular flexibility index (Phi) is 5.36. The van der Waals surface area contributed by atoms with E-state index in [2.05, 4.69) is 107 Å². The fourth-order valence-corrected chi connectivity index (χ4v) is 5.39. The van der Waals surface area contributed by atoms with Crippen LogP contribution in [0.4, 0.5) is 5.82 Å². The quantitative estimate of drug-likeness (QED) is 0.329. The van der Waals surface area contributed by atoms with E-state index in [9.17, 15) is 0 Å². The molecule has 1 aliphatic rings. The summed E-state index contributed by atoms with van der Waals surface area (Å²) >= 11 is 0. The van der Waals surface area contributed by atoms with Gasteiger partial charge in [0.2, 0.25) is 0 Å². The molecule has 2 aromatic heterocycles. The molecule has 0 aliphatic carbocycles. The predicted molar refractivity (Wildman–Crippen MR) is 140 cm³/mol. The molecular formula is C31H26N4. The maximum atomic E-state index is 6.17. The van der Waals surface area contributed by atoms with Gasteiger partial charge in [-0.3, -0.25) is 9.88 Å². The summed E-state index contributed by atoms with van der Waals surface area (Å²) in [4.78, 5) is 11.7. The van der Waals surface area contributed by atoms with E-state index in [0.29, 0.717) is 5.82 Å². The number of nitrogens with zero attached hydrogens (tertiary/aromatic N) is 3. The van der Waals surface area contributed by atoms with Crippen molar-refractivity contribution >= 4 is 5.82 Å². The number of aromatic nitrogens is 2. The molecule has 4 heteroatoms. The minimum absolute atomic E-state index is 0.460. The van der Waals surface area contributed by atoms with Gasteiger partial charge in [0, 0.05) is 36.6 Å². The lowest BCUT2D eigenvalue weighted by Crippen LogP contribution is -2.45. The molecule has 0 bridgehead atoms. The summed E-state index contributed by atoms with van der Waals surface area (Å²) in [6.45, 7) is 1.52. The van der Waals surface area contributed by atoms with E-state index >= 15 is 0 Å². The first-order chi connectivity index (χ1) is 17.3. The zero-order valence-electron chi connectivity index (χ0n) is 19.4. The van der Waals surface area contributed by atoms with Crippen molar-refractivity contribution in [3.63, 3.8) is 0 Å². The normalized spacial score (nSPS) is 13.5. The number of nitrogens with two attached hydrogens (primary N) is 1. The molecule has 6 rings (SSSR count). The van der Waals surface area contributed by atoms with Gasteiger partial charge in [-0.1, -0.05) is 91.0 Å². The summed E-state index contributed by atoms with van der Waals surface area (Å²) in [6.07, 6.45) is 3.64.